The van der Waals surface area contributed by atoms with Crippen LogP contribution in [-0.4, -0.2) is 45.2 Å². The predicted molar refractivity (Wildman–Crippen MR) is 133 cm³/mol. The van der Waals surface area contributed by atoms with Crippen LogP contribution in [0.15, 0.2) is 29.2 Å². The Morgan fingerprint density at radius 3 is 2.25 bits per heavy atom. The number of aryl methyl sites for hydroxylation is 1. The molecule has 0 aliphatic carbocycles. The van der Waals surface area contributed by atoms with E-state index in [0.717, 1.165) is 62.5 Å². The summed E-state index contributed by atoms with van der Waals surface area (Å²) in [7, 11) is 0. The molecule has 1 aromatic rings. The number of aliphatic carboxylic acids is 1. The van der Waals surface area contributed by atoms with Gasteiger partial charge < -0.3 is 10.4 Å². The van der Waals surface area contributed by atoms with Crippen molar-refractivity contribution < 1.29 is 19.5 Å². The van der Waals surface area contributed by atoms with Crippen LogP contribution < -0.4 is 5.32 Å². The van der Waals surface area contributed by atoms with E-state index in [9.17, 15) is 14.4 Å². The van der Waals surface area contributed by atoms with Crippen molar-refractivity contribution in [3.63, 3.8) is 0 Å². The first-order chi connectivity index (χ1) is 15.4. The summed E-state index contributed by atoms with van der Waals surface area (Å²) in [5.41, 5.74) is 2.08. The molecule has 1 aliphatic heterocycles. The lowest BCUT2D eigenvalue weighted by Gasteiger charge is -2.14. The van der Waals surface area contributed by atoms with Gasteiger partial charge in [0.1, 0.15) is 10.9 Å². The van der Waals surface area contributed by atoms with E-state index >= 15 is 0 Å². The second kappa shape index (κ2) is 14.1. The van der Waals surface area contributed by atoms with Crippen molar-refractivity contribution >= 4 is 52.2 Å². The maximum atomic E-state index is 12.6. The van der Waals surface area contributed by atoms with Crippen molar-refractivity contribution in [1.29, 1.82) is 0 Å². The van der Waals surface area contributed by atoms with E-state index in [1.807, 2.05) is 37.3 Å². The largest absolute Gasteiger partial charge is 0.481 e. The molecule has 0 atom stereocenters. The summed E-state index contributed by atoms with van der Waals surface area (Å²) in [5.74, 6) is -1.14. The molecule has 0 spiro atoms. The third kappa shape index (κ3) is 9.53. The van der Waals surface area contributed by atoms with E-state index in [2.05, 4.69) is 5.32 Å². The van der Waals surface area contributed by atoms with E-state index in [-0.39, 0.29) is 24.8 Å². The Balaban J connectivity index is 1.60. The van der Waals surface area contributed by atoms with E-state index in [1.165, 1.54) is 16.7 Å². The van der Waals surface area contributed by atoms with Gasteiger partial charge in [-0.1, -0.05) is 92.3 Å². The maximum absolute atomic E-state index is 12.6. The lowest BCUT2D eigenvalue weighted by atomic mass is 10.1. The summed E-state index contributed by atoms with van der Waals surface area (Å²) in [6.07, 6.45) is 10.2. The molecule has 0 unspecified atom stereocenters. The molecule has 6 nitrogen and oxygen atoms in total. The Hall–Kier alpha value is -2.19. The van der Waals surface area contributed by atoms with Crippen LogP contribution in [0, 0.1) is 6.92 Å². The zero-order chi connectivity index (χ0) is 23.3. The number of hydrogen-bond donors (Lipinski definition) is 2. The number of unbranched alkanes of at least 4 members (excludes halogenated alkanes) is 7. The molecule has 1 aromatic carbocycles. The van der Waals surface area contributed by atoms with Gasteiger partial charge in [0.15, 0.2) is 0 Å². The van der Waals surface area contributed by atoms with E-state index in [4.69, 9.17) is 17.3 Å². The third-order valence-corrected chi connectivity index (χ3v) is 6.57. The van der Waals surface area contributed by atoms with Gasteiger partial charge >= 0.3 is 5.97 Å². The molecule has 0 saturated carbocycles. The number of carbonyl (C=O) groups is 3. The van der Waals surface area contributed by atoms with Gasteiger partial charge in [0.25, 0.3) is 5.91 Å². The zero-order valence-corrected chi connectivity index (χ0v) is 20.2. The van der Waals surface area contributed by atoms with Crippen LogP contribution in [0.4, 0.5) is 0 Å². The standard InChI is InChI=1S/C24H32N2O4S2/c1-18-11-13-19(14-12-18)16-20-23(30)26(24(31)32-20)17-21(27)25-15-9-7-5-3-2-4-6-8-10-22(28)29/h11-14,16H,2-10,15,17H2,1H3,(H,25,27)(H,28,29). The molecule has 0 aromatic heterocycles. The van der Waals surface area contributed by atoms with Crippen LogP contribution in [-0.2, 0) is 14.4 Å². The molecule has 1 fully saturated rings. The Morgan fingerprint density at radius 1 is 1.03 bits per heavy atom. The van der Waals surface area contributed by atoms with Crippen LogP contribution in [0.2, 0.25) is 0 Å². The SMILES string of the molecule is Cc1ccc(C=C2SC(=S)N(CC(=O)NCCCCCCCCCCC(=O)O)C2=O)cc1. The highest BCUT2D eigenvalue weighted by Crippen LogP contribution is 2.32. The van der Waals surface area contributed by atoms with Gasteiger partial charge in [0.05, 0.1) is 4.91 Å². The molecule has 1 saturated heterocycles. The van der Waals surface area contributed by atoms with Gasteiger partial charge in [-0.3, -0.25) is 19.3 Å². The van der Waals surface area contributed by atoms with E-state index in [0.29, 0.717) is 15.8 Å². The molecule has 174 valence electrons. The van der Waals surface area contributed by atoms with Crippen LogP contribution in [0.25, 0.3) is 6.08 Å². The molecule has 0 bridgehead atoms. The van der Waals surface area contributed by atoms with Crippen LogP contribution in [0.1, 0.15) is 68.9 Å². The third-order valence-electron chi connectivity index (χ3n) is 5.19. The lowest BCUT2D eigenvalue weighted by molar-refractivity contribution is -0.137. The van der Waals surface area contributed by atoms with Crippen molar-refractivity contribution in [3.8, 4) is 0 Å². The number of rotatable bonds is 14. The fraction of sp³-hybridized carbons (Fsp3) is 0.500. The number of carbonyl (C=O) groups excluding carboxylic acids is 2. The number of hydrogen-bond acceptors (Lipinski definition) is 5. The minimum absolute atomic E-state index is 0.0494. The summed E-state index contributed by atoms with van der Waals surface area (Å²) in [5, 5.41) is 11.5. The van der Waals surface area contributed by atoms with Crippen LogP contribution >= 0.6 is 24.0 Å². The highest BCUT2D eigenvalue weighted by atomic mass is 32.2. The Kier molecular flexibility index (Phi) is 11.5. The second-order valence-corrected chi connectivity index (χ2v) is 9.68. The van der Waals surface area contributed by atoms with Crippen molar-refractivity contribution in [3.05, 3.63) is 40.3 Å². The fourth-order valence-corrected chi connectivity index (χ4v) is 4.59. The molecule has 1 heterocycles. The van der Waals surface area contributed by atoms with E-state index < -0.39 is 5.97 Å². The predicted octanol–water partition coefficient (Wildman–Crippen LogP) is 4.91. The quantitative estimate of drug-likeness (QED) is 0.225. The number of carboxylic acids is 1. The molecule has 2 N–H and O–H groups in total. The smallest absolute Gasteiger partial charge is 0.303 e. The zero-order valence-electron chi connectivity index (χ0n) is 18.6. The molecular formula is C24H32N2O4S2. The summed E-state index contributed by atoms with van der Waals surface area (Å²) in [4.78, 5) is 37.2. The Bertz CT molecular complexity index is 837. The fourth-order valence-electron chi connectivity index (χ4n) is 3.34. The van der Waals surface area contributed by atoms with Gasteiger partial charge in [0.2, 0.25) is 5.91 Å². The molecule has 8 heteroatoms. The first-order valence-electron chi connectivity index (χ1n) is 11.2. The normalized spacial score (nSPS) is 14.9. The van der Waals surface area contributed by atoms with Crippen molar-refractivity contribution in [2.75, 3.05) is 13.1 Å². The Morgan fingerprint density at radius 2 is 1.62 bits per heavy atom. The number of thiocarbonyl (C=S) groups is 1. The van der Waals surface area contributed by atoms with E-state index in [1.54, 1.807) is 0 Å². The molecule has 2 rings (SSSR count). The highest BCUT2D eigenvalue weighted by Gasteiger charge is 2.33. The van der Waals surface area contributed by atoms with Gasteiger partial charge in [-0.25, -0.2) is 0 Å². The molecular weight excluding hydrogens is 444 g/mol. The molecule has 1 aliphatic rings. The summed E-state index contributed by atoms with van der Waals surface area (Å²) >= 11 is 6.53. The summed E-state index contributed by atoms with van der Waals surface area (Å²) in [6, 6.07) is 7.88. The summed E-state index contributed by atoms with van der Waals surface area (Å²) in [6.45, 7) is 2.55. The monoisotopic (exact) mass is 476 g/mol. The molecule has 32 heavy (non-hydrogen) atoms. The van der Waals surface area contributed by atoms with Gasteiger partial charge in [0, 0.05) is 13.0 Å². The number of amides is 2. The van der Waals surface area contributed by atoms with Gasteiger partial charge in [-0.05, 0) is 31.4 Å². The molecule has 2 amide bonds. The number of benzene rings is 1. The van der Waals surface area contributed by atoms with Crippen molar-refractivity contribution in [2.24, 2.45) is 0 Å². The number of nitrogens with zero attached hydrogens (tertiary/aromatic N) is 1. The van der Waals surface area contributed by atoms with Gasteiger partial charge in [-0.2, -0.15) is 0 Å². The van der Waals surface area contributed by atoms with Crippen LogP contribution in [0.3, 0.4) is 0 Å². The van der Waals surface area contributed by atoms with Crippen molar-refractivity contribution in [1.82, 2.24) is 10.2 Å². The first kappa shape index (κ1) is 26.1. The Labute approximate surface area is 199 Å². The molecule has 0 radical (unpaired) electrons. The average Bonchev–Trinajstić information content (AvgIpc) is 3.00. The highest BCUT2D eigenvalue weighted by molar-refractivity contribution is 8.26. The minimum Gasteiger partial charge on any atom is -0.481 e. The summed E-state index contributed by atoms with van der Waals surface area (Å²) < 4.78 is 0.409. The van der Waals surface area contributed by atoms with Crippen LogP contribution in [0.5, 0.6) is 0 Å². The maximum Gasteiger partial charge on any atom is 0.303 e. The number of carboxylic acid groups (broad SMARTS) is 1. The lowest BCUT2D eigenvalue weighted by Crippen LogP contribution is -2.39. The number of thioether (sulfide) groups is 1. The second-order valence-electron chi connectivity index (χ2n) is 8.00. The topological polar surface area (TPSA) is 86.7 Å². The minimum atomic E-state index is -0.721. The van der Waals surface area contributed by atoms with Crippen molar-refractivity contribution in [2.45, 2.75) is 64.7 Å². The average molecular weight is 477 g/mol. The van der Waals surface area contributed by atoms with Gasteiger partial charge in [-0.15, -0.1) is 0 Å². The first-order valence-corrected chi connectivity index (χ1v) is 12.4. The number of nitrogens with one attached hydrogen (secondary N) is 1.